The summed E-state index contributed by atoms with van der Waals surface area (Å²) in [6.45, 7) is 1.80. The number of hydrogen-bond acceptors (Lipinski definition) is 2. The number of rotatable bonds is 6. The molecule has 0 amide bonds. The average Bonchev–Trinajstić information content (AvgIpc) is 1.99. The van der Waals surface area contributed by atoms with Crippen molar-refractivity contribution in [3.63, 3.8) is 0 Å². The first-order valence-corrected chi connectivity index (χ1v) is 12.6. The number of ketones is 2. The van der Waals surface area contributed by atoms with Gasteiger partial charge in [-0.2, -0.15) is 0 Å². The Labute approximate surface area is 84.3 Å². The van der Waals surface area contributed by atoms with Crippen LogP contribution in [0.1, 0.15) is 26.2 Å². The number of Topliss-reactive ketones (excluding diaryl/α,β-unsaturated/α-hetero) is 2. The fourth-order valence-corrected chi connectivity index (χ4v) is 3.10. The SMILES string of the molecule is CCC(=O)CC(=O)C[CH2][Pt]([CH3])([CH3])[CH3]. The Morgan fingerprint density at radius 2 is 1.62 bits per heavy atom. The van der Waals surface area contributed by atoms with Gasteiger partial charge in [0.2, 0.25) is 0 Å². The molecule has 0 fully saturated rings. The van der Waals surface area contributed by atoms with Crippen molar-refractivity contribution in [2.45, 2.75) is 46.9 Å². The molecule has 0 unspecified atom stereocenters. The Kier molecular flexibility index (Phi) is 5.71. The average molecular weight is 367 g/mol. The molecule has 3 heteroatoms. The van der Waals surface area contributed by atoms with Gasteiger partial charge in [0.25, 0.3) is 0 Å². The monoisotopic (exact) mass is 367 g/mol. The molecule has 0 aromatic rings. The van der Waals surface area contributed by atoms with E-state index in [0.717, 1.165) is 4.81 Å². The standard InChI is InChI=1S/C7H11O2.3CH3.Pt/c1-3-6(8)5-7(9)4-2;;;;/h1,3-5H2,2H3;3*1H3;. The molecule has 0 atom stereocenters. The number of hydrogen-bond donors (Lipinski definition) is 0. The van der Waals surface area contributed by atoms with Crippen LogP contribution in [-0.2, 0) is 25.6 Å². The summed E-state index contributed by atoms with van der Waals surface area (Å²) in [6, 6.07) is 0. The van der Waals surface area contributed by atoms with Crippen LogP contribution in [-0.4, -0.2) is 11.6 Å². The van der Waals surface area contributed by atoms with Crippen molar-refractivity contribution in [3.05, 3.63) is 0 Å². The zero-order chi connectivity index (χ0) is 10.5. The van der Waals surface area contributed by atoms with Gasteiger partial charge in [-0.15, -0.1) is 0 Å². The van der Waals surface area contributed by atoms with Gasteiger partial charge < -0.3 is 0 Å². The molecule has 0 spiro atoms. The molecule has 0 aromatic carbocycles. The molecule has 0 aromatic heterocycles. The quantitative estimate of drug-likeness (QED) is 0.677. The van der Waals surface area contributed by atoms with Crippen LogP contribution >= 0.6 is 0 Å². The first-order valence-electron chi connectivity index (χ1n) is 4.20. The molecule has 0 saturated carbocycles. The first-order chi connectivity index (χ1) is 5.85. The van der Waals surface area contributed by atoms with Gasteiger partial charge in [-0.25, -0.2) is 0 Å². The van der Waals surface area contributed by atoms with E-state index in [-0.39, 0.29) is 18.0 Å². The summed E-state index contributed by atoms with van der Waals surface area (Å²) in [5.41, 5.74) is 0. The fourth-order valence-electron chi connectivity index (χ4n) is 0.759. The van der Waals surface area contributed by atoms with Gasteiger partial charge in [0.05, 0.1) is 0 Å². The molecule has 2 nitrogen and oxygen atoms in total. The van der Waals surface area contributed by atoms with E-state index >= 15 is 0 Å². The Bertz CT molecular complexity index is 192. The third kappa shape index (κ3) is 8.36. The summed E-state index contributed by atoms with van der Waals surface area (Å²) in [6.07, 6.45) is 1.27. The van der Waals surface area contributed by atoms with Gasteiger partial charge >= 0.3 is 84.2 Å². The zero-order valence-electron chi connectivity index (χ0n) is 8.96. The summed E-state index contributed by atoms with van der Waals surface area (Å²) in [4.78, 5) is 23.3. The molecule has 0 saturated heterocycles. The maximum absolute atomic E-state index is 11.3. The van der Waals surface area contributed by atoms with Crippen LogP contribution in [0, 0.1) is 0 Å². The zero-order valence-corrected chi connectivity index (χ0v) is 11.2. The van der Waals surface area contributed by atoms with Crippen LogP contribution in [0.3, 0.4) is 0 Å². The van der Waals surface area contributed by atoms with Crippen molar-refractivity contribution < 1.29 is 25.6 Å². The van der Waals surface area contributed by atoms with Crippen LogP contribution in [0.4, 0.5) is 0 Å². The second-order valence-electron chi connectivity index (χ2n) is 3.64. The molecule has 0 aliphatic rings. The van der Waals surface area contributed by atoms with E-state index < -0.39 is 16.1 Å². The minimum atomic E-state index is -1.50. The van der Waals surface area contributed by atoms with Gasteiger partial charge in [0.1, 0.15) is 0 Å². The maximum atomic E-state index is 11.3. The van der Waals surface area contributed by atoms with Gasteiger partial charge in [0, 0.05) is 0 Å². The Hall–Kier alpha value is 0.0283. The van der Waals surface area contributed by atoms with Gasteiger partial charge in [-0.05, 0) is 0 Å². The van der Waals surface area contributed by atoms with Crippen LogP contribution in [0.15, 0.2) is 0 Å². The molecule has 0 rings (SSSR count). The topological polar surface area (TPSA) is 34.1 Å². The predicted molar refractivity (Wildman–Crippen MR) is 51.9 cm³/mol. The third-order valence-electron chi connectivity index (χ3n) is 1.62. The Morgan fingerprint density at radius 1 is 1.08 bits per heavy atom. The fraction of sp³-hybridized carbons (Fsp3) is 0.800. The van der Waals surface area contributed by atoms with E-state index in [4.69, 9.17) is 0 Å². The molecular weight excluding hydrogens is 347 g/mol. The van der Waals surface area contributed by atoms with E-state index in [1.54, 1.807) is 6.92 Å². The van der Waals surface area contributed by atoms with Crippen molar-refractivity contribution in [3.8, 4) is 0 Å². The summed E-state index contributed by atoms with van der Waals surface area (Å²) in [5, 5.41) is 6.84. The molecule has 82 valence electrons. The van der Waals surface area contributed by atoms with Crippen LogP contribution < -0.4 is 0 Å². The predicted octanol–water partition coefficient (Wildman–Crippen LogP) is 3.03. The van der Waals surface area contributed by atoms with E-state index in [9.17, 15) is 9.59 Å². The second-order valence-corrected chi connectivity index (χ2v) is 16.4. The summed E-state index contributed by atoms with van der Waals surface area (Å²) in [7, 11) is 0. The molecule has 13 heavy (non-hydrogen) atoms. The minimum absolute atomic E-state index is 0.0746. The second kappa shape index (κ2) is 5.69. The number of carbonyl (C=O) groups is 2. The van der Waals surface area contributed by atoms with E-state index in [2.05, 4.69) is 15.9 Å². The summed E-state index contributed by atoms with van der Waals surface area (Å²) < 4.78 is 0. The first kappa shape index (κ1) is 13.0. The van der Waals surface area contributed by atoms with E-state index in [0.29, 0.717) is 12.8 Å². The molecule has 0 heterocycles. The normalized spacial score (nSPS) is 12.6. The molecular formula is C10H20O2Pt. The molecule has 0 N–H and O–H groups in total. The molecule has 0 bridgehead atoms. The van der Waals surface area contributed by atoms with E-state index in [1.165, 1.54) is 0 Å². The van der Waals surface area contributed by atoms with Crippen LogP contribution in [0.2, 0.25) is 20.8 Å². The molecule has 0 aliphatic carbocycles. The van der Waals surface area contributed by atoms with E-state index in [1.807, 2.05) is 0 Å². The summed E-state index contributed by atoms with van der Waals surface area (Å²) >= 11 is -1.50. The van der Waals surface area contributed by atoms with Crippen molar-refractivity contribution >= 4 is 11.6 Å². The van der Waals surface area contributed by atoms with Crippen LogP contribution in [0.5, 0.6) is 0 Å². The Morgan fingerprint density at radius 3 is 2.00 bits per heavy atom. The van der Waals surface area contributed by atoms with Gasteiger partial charge in [0.15, 0.2) is 0 Å². The summed E-state index contributed by atoms with van der Waals surface area (Å²) in [5.74, 6) is 0.205. The van der Waals surface area contributed by atoms with Crippen molar-refractivity contribution in [2.24, 2.45) is 0 Å². The van der Waals surface area contributed by atoms with Crippen molar-refractivity contribution in [1.82, 2.24) is 0 Å². The molecule has 0 radical (unpaired) electrons. The van der Waals surface area contributed by atoms with Crippen molar-refractivity contribution in [2.75, 3.05) is 0 Å². The Balaban J connectivity index is 3.70. The number of carbonyl (C=O) groups excluding carboxylic acids is 2. The van der Waals surface area contributed by atoms with Crippen LogP contribution in [0.25, 0.3) is 0 Å². The third-order valence-corrected chi connectivity index (χ3v) is 5.60. The van der Waals surface area contributed by atoms with Gasteiger partial charge in [-0.3, -0.25) is 0 Å². The van der Waals surface area contributed by atoms with Gasteiger partial charge in [-0.1, -0.05) is 0 Å². The van der Waals surface area contributed by atoms with Crippen molar-refractivity contribution in [1.29, 1.82) is 0 Å². The molecule has 0 aliphatic heterocycles.